The summed E-state index contributed by atoms with van der Waals surface area (Å²) in [6.45, 7) is 0.901. The van der Waals surface area contributed by atoms with Crippen LogP contribution in [0.2, 0.25) is 0 Å². The van der Waals surface area contributed by atoms with Gasteiger partial charge in [0, 0.05) is 4.90 Å². The van der Waals surface area contributed by atoms with Crippen molar-refractivity contribution >= 4 is 11.8 Å². The highest BCUT2D eigenvalue weighted by molar-refractivity contribution is 7.98. The molecule has 1 nitrogen and oxygen atoms in total. The van der Waals surface area contributed by atoms with Crippen LogP contribution in [0, 0.1) is 0 Å². The number of benzene rings is 1. The van der Waals surface area contributed by atoms with Crippen LogP contribution < -0.4 is 0 Å². The molecule has 1 atom stereocenters. The van der Waals surface area contributed by atoms with Gasteiger partial charge in [0.2, 0.25) is 0 Å². The summed E-state index contributed by atoms with van der Waals surface area (Å²) in [7, 11) is 0. The second-order valence-corrected chi connectivity index (χ2v) is 3.48. The van der Waals surface area contributed by atoms with Gasteiger partial charge in [-0.1, -0.05) is 12.1 Å². The van der Waals surface area contributed by atoms with Crippen LogP contribution in [0.25, 0.3) is 0 Å². The van der Waals surface area contributed by atoms with Gasteiger partial charge in [-0.15, -0.1) is 11.8 Å². The molecular weight excluding hydrogens is 156 g/mol. The van der Waals surface area contributed by atoms with Crippen LogP contribution in [0.5, 0.6) is 0 Å². The molecule has 0 N–H and O–H groups in total. The van der Waals surface area contributed by atoms with Gasteiger partial charge in [0.25, 0.3) is 0 Å². The van der Waals surface area contributed by atoms with Crippen molar-refractivity contribution in [3.05, 3.63) is 29.8 Å². The van der Waals surface area contributed by atoms with E-state index in [1.54, 1.807) is 11.8 Å². The number of thioether (sulfide) groups is 1. The molecular formula is C9H10OS. The van der Waals surface area contributed by atoms with Crippen LogP contribution >= 0.6 is 11.8 Å². The minimum Gasteiger partial charge on any atom is -0.368 e. The van der Waals surface area contributed by atoms with Crippen molar-refractivity contribution in [3.63, 3.8) is 0 Å². The minimum atomic E-state index is 0.391. The zero-order valence-corrected chi connectivity index (χ0v) is 7.23. The lowest BCUT2D eigenvalue weighted by atomic mass is 10.2. The topological polar surface area (TPSA) is 12.5 Å². The zero-order valence-electron chi connectivity index (χ0n) is 6.41. The minimum absolute atomic E-state index is 0.391. The predicted molar refractivity (Wildman–Crippen MR) is 46.9 cm³/mol. The fourth-order valence-corrected chi connectivity index (χ4v) is 1.55. The lowest BCUT2D eigenvalue weighted by molar-refractivity contribution is 0.415. The summed E-state index contributed by atoms with van der Waals surface area (Å²) in [6.07, 6.45) is 2.48. The molecule has 0 spiro atoms. The molecule has 0 aromatic heterocycles. The Kier molecular flexibility index (Phi) is 1.88. The standard InChI is InChI=1S/C9H10OS/c1-11-8-4-2-3-7(5-8)9-6-10-9/h2-5,9H,6H2,1H3/t9-/m1/s1. The second-order valence-electron chi connectivity index (χ2n) is 2.60. The number of rotatable bonds is 2. The fraction of sp³-hybridized carbons (Fsp3) is 0.333. The van der Waals surface area contributed by atoms with Crippen LogP contribution in [-0.2, 0) is 4.74 Å². The van der Waals surface area contributed by atoms with E-state index in [2.05, 4.69) is 30.5 Å². The molecule has 1 aromatic carbocycles. The van der Waals surface area contributed by atoms with Gasteiger partial charge in [0.1, 0.15) is 6.10 Å². The molecule has 1 heterocycles. The Morgan fingerprint density at radius 1 is 1.55 bits per heavy atom. The van der Waals surface area contributed by atoms with Crippen molar-refractivity contribution < 1.29 is 4.74 Å². The van der Waals surface area contributed by atoms with E-state index in [4.69, 9.17) is 4.74 Å². The SMILES string of the molecule is CSc1cccc([C@H]2CO2)c1. The number of hydrogen-bond acceptors (Lipinski definition) is 2. The first kappa shape index (κ1) is 7.19. The van der Waals surface area contributed by atoms with E-state index >= 15 is 0 Å². The number of epoxide rings is 1. The third-order valence-electron chi connectivity index (χ3n) is 1.80. The molecule has 0 radical (unpaired) electrons. The van der Waals surface area contributed by atoms with E-state index in [1.165, 1.54) is 10.5 Å². The molecule has 0 aliphatic carbocycles. The van der Waals surface area contributed by atoms with Crippen molar-refractivity contribution in [2.24, 2.45) is 0 Å². The Labute approximate surface area is 70.8 Å². The Bertz CT molecular complexity index is 255. The molecule has 1 saturated heterocycles. The maximum atomic E-state index is 5.18. The average molecular weight is 166 g/mol. The smallest absolute Gasteiger partial charge is 0.106 e. The summed E-state index contributed by atoms with van der Waals surface area (Å²) < 4.78 is 5.18. The normalized spacial score (nSPS) is 21.7. The number of hydrogen-bond donors (Lipinski definition) is 0. The van der Waals surface area contributed by atoms with E-state index in [-0.39, 0.29) is 0 Å². The lowest BCUT2D eigenvalue weighted by Crippen LogP contribution is -1.79. The largest absolute Gasteiger partial charge is 0.368 e. The fourth-order valence-electron chi connectivity index (χ4n) is 1.08. The van der Waals surface area contributed by atoms with Crippen LogP contribution in [-0.4, -0.2) is 12.9 Å². The van der Waals surface area contributed by atoms with Crippen LogP contribution in [0.1, 0.15) is 11.7 Å². The molecule has 1 fully saturated rings. The second kappa shape index (κ2) is 2.88. The molecule has 0 unspecified atom stereocenters. The van der Waals surface area contributed by atoms with Crippen LogP contribution in [0.3, 0.4) is 0 Å². The highest BCUT2D eigenvalue weighted by Gasteiger charge is 2.24. The third kappa shape index (κ3) is 1.57. The summed E-state index contributed by atoms with van der Waals surface area (Å²) >= 11 is 1.77. The Hall–Kier alpha value is -0.470. The Morgan fingerprint density at radius 3 is 3.00 bits per heavy atom. The van der Waals surface area contributed by atoms with Gasteiger partial charge in [-0.3, -0.25) is 0 Å². The van der Waals surface area contributed by atoms with Gasteiger partial charge in [0.15, 0.2) is 0 Å². The highest BCUT2D eigenvalue weighted by Crippen LogP contribution is 2.31. The van der Waals surface area contributed by atoms with Gasteiger partial charge < -0.3 is 4.74 Å². The number of ether oxygens (including phenoxy) is 1. The zero-order chi connectivity index (χ0) is 7.68. The molecule has 1 aliphatic rings. The van der Waals surface area contributed by atoms with Crippen LogP contribution in [0.4, 0.5) is 0 Å². The van der Waals surface area contributed by atoms with Gasteiger partial charge in [-0.05, 0) is 24.0 Å². The molecule has 0 amide bonds. The third-order valence-corrected chi connectivity index (χ3v) is 2.52. The summed E-state index contributed by atoms with van der Waals surface area (Å²) in [6, 6.07) is 8.53. The lowest BCUT2D eigenvalue weighted by Gasteiger charge is -1.98. The molecule has 0 saturated carbocycles. The monoisotopic (exact) mass is 166 g/mol. The molecule has 58 valence electrons. The molecule has 11 heavy (non-hydrogen) atoms. The van der Waals surface area contributed by atoms with Crippen molar-refractivity contribution in [1.82, 2.24) is 0 Å². The summed E-state index contributed by atoms with van der Waals surface area (Å²) in [5.74, 6) is 0. The molecule has 0 bridgehead atoms. The maximum Gasteiger partial charge on any atom is 0.106 e. The Morgan fingerprint density at radius 2 is 2.36 bits per heavy atom. The van der Waals surface area contributed by atoms with E-state index < -0.39 is 0 Å². The maximum absolute atomic E-state index is 5.18. The van der Waals surface area contributed by atoms with E-state index in [0.717, 1.165) is 6.61 Å². The Balaban J connectivity index is 2.26. The van der Waals surface area contributed by atoms with Gasteiger partial charge in [-0.25, -0.2) is 0 Å². The predicted octanol–water partition coefficient (Wildman–Crippen LogP) is 2.48. The summed E-state index contributed by atoms with van der Waals surface area (Å²) in [4.78, 5) is 1.32. The van der Waals surface area contributed by atoms with Crippen molar-refractivity contribution in [2.75, 3.05) is 12.9 Å². The van der Waals surface area contributed by atoms with Crippen molar-refractivity contribution in [3.8, 4) is 0 Å². The first-order valence-electron chi connectivity index (χ1n) is 3.66. The average Bonchev–Trinajstić information content (AvgIpc) is 2.87. The first-order valence-corrected chi connectivity index (χ1v) is 4.88. The molecule has 2 rings (SSSR count). The van der Waals surface area contributed by atoms with Crippen molar-refractivity contribution in [1.29, 1.82) is 0 Å². The van der Waals surface area contributed by atoms with Gasteiger partial charge >= 0.3 is 0 Å². The van der Waals surface area contributed by atoms with Crippen molar-refractivity contribution in [2.45, 2.75) is 11.0 Å². The van der Waals surface area contributed by atoms with E-state index in [1.807, 2.05) is 0 Å². The van der Waals surface area contributed by atoms with Gasteiger partial charge in [0.05, 0.1) is 6.61 Å². The first-order chi connectivity index (χ1) is 5.40. The van der Waals surface area contributed by atoms with E-state index in [0.29, 0.717) is 6.10 Å². The molecule has 1 aromatic rings. The molecule has 2 heteroatoms. The summed E-state index contributed by atoms with van der Waals surface area (Å²) in [5.41, 5.74) is 1.32. The van der Waals surface area contributed by atoms with E-state index in [9.17, 15) is 0 Å². The summed E-state index contributed by atoms with van der Waals surface area (Å²) in [5, 5.41) is 0. The molecule has 1 aliphatic heterocycles. The van der Waals surface area contributed by atoms with Gasteiger partial charge in [-0.2, -0.15) is 0 Å². The quantitative estimate of drug-likeness (QED) is 0.494. The highest BCUT2D eigenvalue weighted by atomic mass is 32.2. The van der Waals surface area contributed by atoms with Crippen LogP contribution in [0.15, 0.2) is 29.2 Å².